The molecular weight excluding hydrogens is 242 g/mol. The summed E-state index contributed by atoms with van der Waals surface area (Å²) < 4.78 is 0. The summed E-state index contributed by atoms with van der Waals surface area (Å²) in [5, 5.41) is 2.14. The van der Waals surface area contributed by atoms with Gasteiger partial charge in [0.15, 0.2) is 0 Å². The second kappa shape index (κ2) is 6.15. The molecule has 102 valence electrons. The number of rotatable bonds is 5. The molecule has 3 N–H and O–H groups in total. The molecular formula is C14H25N3S. The summed E-state index contributed by atoms with van der Waals surface area (Å²) >= 11 is 1.83. The number of likely N-dealkylation sites (N-methyl/N-ethyl adjacent to an activating group) is 1. The minimum Gasteiger partial charge on any atom is -0.302 e. The fraction of sp³-hybridized carbons (Fsp3) is 0.714. The van der Waals surface area contributed by atoms with Crippen molar-refractivity contribution in [1.29, 1.82) is 0 Å². The predicted octanol–water partition coefficient (Wildman–Crippen LogP) is 2.39. The lowest BCUT2D eigenvalue weighted by Gasteiger charge is -2.48. The van der Waals surface area contributed by atoms with Gasteiger partial charge in [0.1, 0.15) is 0 Å². The van der Waals surface area contributed by atoms with Gasteiger partial charge in [-0.05, 0) is 38.4 Å². The van der Waals surface area contributed by atoms with Crippen molar-refractivity contribution in [2.24, 2.45) is 5.84 Å². The van der Waals surface area contributed by atoms with Crippen LogP contribution in [0, 0.1) is 0 Å². The number of nitrogens with one attached hydrogen (secondary N) is 1. The Bertz CT molecular complexity index is 342. The van der Waals surface area contributed by atoms with Crippen molar-refractivity contribution >= 4 is 11.3 Å². The van der Waals surface area contributed by atoms with Gasteiger partial charge in [0, 0.05) is 22.9 Å². The number of thiophene rings is 1. The van der Waals surface area contributed by atoms with E-state index in [-0.39, 0.29) is 5.54 Å². The highest BCUT2D eigenvalue weighted by molar-refractivity contribution is 7.09. The van der Waals surface area contributed by atoms with E-state index in [2.05, 4.69) is 41.9 Å². The van der Waals surface area contributed by atoms with Crippen molar-refractivity contribution in [2.45, 2.75) is 50.1 Å². The zero-order valence-corrected chi connectivity index (χ0v) is 12.3. The maximum absolute atomic E-state index is 5.87. The smallest absolute Gasteiger partial charge is 0.0442 e. The van der Waals surface area contributed by atoms with Gasteiger partial charge in [-0.2, -0.15) is 0 Å². The van der Waals surface area contributed by atoms with Gasteiger partial charge >= 0.3 is 0 Å². The first kappa shape index (κ1) is 14.0. The summed E-state index contributed by atoms with van der Waals surface area (Å²) in [6.45, 7) is 0. The summed E-state index contributed by atoms with van der Waals surface area (Å²) in [5.74, 6) is 5.87. The topological polar surface area (TPSA) is 41.3 Å². The zero-order chi connectivity index (χ0) is 13.0. The van der Waals surface area contributed by atoms with Crippen LogP contribution in [-0.4, -0.2) is 30.6 Å². The van der Waals surface area contributed by atoms with Crippen LogP contribution in [0.15, 0.2) is 17.5 Å². The van der Waals surface area contributed by atoms with Gasteiger partial charge in [-0.3, -0.25) is 11.3 Å². The van der Waals surface area contributed by atoms with Gasteiger partial charge in [-0.25, -0.2) is 0 Å². The Morgan fingerprint density at radius 3 is 2.61 bits per heavy atom. The Labute approximate surface area is 114 Å². The first-order valence-corrected chi connectivity index (χ1v) is 7.73. The lowest BCUT2D eigenvalue weighted by atomic mass is 9.74. The molecule has 1 atom stereocenters. The molecule has 4 heteroatoms. The number of nitrogens with zero attached hydrogens (tertiary/aromatic N) is 1. The van der Waals surface area contributed by atoms with Crippen LogP contribution >= 0.6 is 11.3 Å². The summed E-state index contributed by atoms with van der Waals surface area (Å²) in [6, 6.07) is 4.67. The van der Waals surface area contributed by atoms with E-state index in [4.69, 9.17) is 5.84 Å². The number of hydrazine groups is 1. The second-order valence-electron chi connectivity index (χ2n) is 5.56. The van der Waals surface area contributed by atoms with Crippen LogP contribution in [0.25, 0.3) is 0 Å². The minimum atomic E-state index is 0.219. The monoisotopic (exact) mass is 267 g/mol. The molecule has 1 saturated carbocycles. The van der Waals surface area contributed by atoms with E-state index < -0.39 is 0 Å². The molecule has 2 rings (SSSR count). The van der Waals surface area contributed by atoms with Crippen LogP contribution < -0.4 is 11.3 Å². The van der Waals surface area contributed by atoms with Crippen molar-refractivity contribution in [3.63, 3.8) is 0 Å². The van der Waals surface area contributed by atoms with Gasteiger partial charge in [-0.1, -0.05) is 25.3 Å². The van der Waals surface area contributed by atoms with E-state index in [9.17, 15) is 0 Å². The van der Waals surface area contributed by atoms with Crippen molar-refractivity contribution in [3.05, 3.63) is 22.4 Å². The summed E-state index contributed by atoms with van der Waals surface area (Å²) in [7, 11) is 4.40. The Kier molecular flexibility index (Phi) is 4.78. The molecule has 1 unspecified atom stereocenters. The van der Waals surface area contributed by atoms with Gasteiger partial charge in [0.25, 0.3) is 0 Å². The molecule has 1 aromatic heterocycles. The van der Waals surface area contributed by atoms with Crippen LogP contribution in [0.2, 0.25) is 0 Å². The molecule has 0 aliphatic heterocycles. The average molecular weight is 267 g/mol. The van der Waals surface area contributed by atoms with E-state index in [0.29, 0.717) is 6.04 Å². The van der Waals surface area contributed by atoms with Crippen molar-refractivity contribution in [3.8, 4) is 0 Å². The summed E-state index contributed by atoms with van der Waals surface area (Å²) in [4.78, 5) is 3.81. The quantitative estimate of drug-likeness (QED) is 0.636. The lowest BCUT2D eigenvalue weighted by molar-refractivity contribution is 0.0572. The lowest BCUT2D eigenvalue weighted by Crippen LogP contribution is -2.62. The summed E-state index contributed by atoms with van der Waals surface area (Å²) in [5.41, 5.74) is 3.32. The largest absolute Gasteiger partial charge is 0.302 e. The minimum absolute atomic E-state index is 0.219. The molecule has 1 fully saturated rings. The maximum Gasteiger partial charge on any atom is 0.0442 e. The van der Waals surface area contributed by atoms with Gasteiger partial charge in [-0.15, -0.1) is 11.3 Å². The van der Waals surface area contributed by atoms with E-state index >= 15 is 0 Å². The van der Waals surface area contributed by atoms with Crippen LogP contribution in [0.3, 0.4) is 0 Å². The predicted molar refractivity (Wildman–Crippen MR) is 78.6 cm³/mol. The van der Waals surface area contributed by atoms with E-state index in [1.54, 1.807) is 0 Å². The molecule has 1 aliphatic carbocycles. The van der Waals surface area contributed by atoms with Crippen molar-refractivity contribution in [2.75, 3.05) is 14.1 Å². The molecule has 0 bridgehead atoms. The Balaban J connectivity index is 2.16. The van der Waals surface area contributed by atoms with E-state index in [0.717, 1.165) is 6.42 Å². The fourth-order valence-electron chi connectivity index (χ4n) is 3.31. The molecule has 0 amide bonds. The molecule has 1 aliphatic rings. The molecule has 0 aromatic carbocycles. The third kappa shape index (κ3) is 2.77. The van der Waals surface area contributed by atoms with E-state index in [1.807, 2.05) is 11.3 Å². The Morgan fingerprint density at radius 1 is 1.39 bits per heavy atom. The van der Waals surface area contributed by atoms with Crippen LogP contribution in [0.4, 0.5) is 0 Å². The molecule has 0 spiro atoms. The van der Waals surface area contributed by atoms with Crippen LogP contribution in [0.1, 0.15) is 37.0 Å². The number of hydrogen-bond donors (Lipinski definition) is 2. The molecule has 18 heavy (non-hydrogen) atoms. The fourth-order valence-corrected chi connectivity index (χ4v) is 4.06. The highest BCUT2D eigenvalue weighted by atomic mass is 32.1. The highest BCUT2D eigenvalue weighted by Crippen LogP contribution is 2.36. The van der Waals surface area contributed by atoms with Crippen LogP contribution in [-0.2, 0) is 6.42 Å². The molecule has 1 aromatic rings. The Morgan fingerprint density at radius 2 is 2.11 bits per heavy atom. The SMILES string of the molecule is CN(C)C1(C(Cc2cccs2)NN)CCCCC1. The number of nitrogens with two attached hydrogens (primary N) is 1. The van der Waals surface area contributed by atoms with Crippen molar-refractivity contribution < 1.29 is 0 Å². The van der Waals surface area contributed by atoms with Crippen molar-refractivity contribution in [1.82, 2.24) is 10.3 Å². The first-order valence-electron chi connectivity index (χ1n) is 6.85. The average Bonchev–Trinajstić information content (AvgIpc) is 2.89. The third-order valence-corrected chi connectivity index (χ3v) is 5.34. The number of hydrogen-bond acceptors (Lipinski definition) is 4. The Hall–Kier alpha value is -0.420. The standard InChI is InChI=1S/C14H25N3S/c1-17(2)14(8-4-3-5-9-14)13(16-15)11-12-7-6-10-18-12/h6-7,10,13,16H,3-5,8-9,11,15H2,1-2H3. The molecule has 0 radical (unpaired) electrons. The second-order valence-corrected chi connectivity index (χ2v) is 6.59. The normalized spacial score (nSPS) is 21.1. The van der Waals surface area contributed by atoms with Gasteiger partial charge in [0.2, 0.25) is 0 Å². The summed E-state index contributed by atoms with van der Waals surface area (Å²) in [6.07, 6.45) is 7.54. The zero-order valence-electron chi connectivity index (χ0n) is 11.5. The molecule has 1 heterocycles. The maximum atomic E-state index is 5.87. The third-order valence-electron chi connectivity index (χ3n) is 4.45. The molecule has 3 nitrogen and oxygen atoms in total. The molecule has 0 saturated heterocycles. The first-order chi connectivity index (χ1) is 8.69. The highest BCUT2D eigenvalue weighted by Gasteiger charge is 2.41. The van der Waals surface area contributed by atoms with E-state index in [1.165, 1.54) is 37.0 Å². The van der Waals surface area contributed by atoms with Gasteiger partial charge < -0.3 is 4.90 Å². The van der Waals surface area contributed by atoms with Gasteiger partial charge in [0.05, 0.1) is 0 Å². The van der Waals surface area contributed by atoms with Crippen LogP contribution in [0.5, 0.6) is 0 Å².